The fraction of sp³-hybridized carbons (Fsp3) is 1.00. The maximum absolute atomic E-state index is 10.7. The molecule has 0 radical (unpaired) electrons. The second kappa shape index (κ2) is 5.07. The quantitative estimate of drug-likeness (QED) is 0.580. The molecule has 0 amide bonds. The van der Waals surface area contributed by atoms with E-state index in [1.807, 2.05) is 0 Å². The van der Waals surface area contributed by atoms with Gasteiger partial charge in [0, 0.05) is 0 Å². The Hall–Kier alpha value is -0.155. The van der Waals surface area contributed by atoms with Crippen LogP contribution >= 0.6 is 0 Å². The van der Waals surface area contributed by atoms with Gasteiger partial charge in [-0.3, -0.25) is 8.20 Å². The lowest BCUT2D eigenvalue weighted by Crippen LogP contribution is -2.30. The maximum atomic E-state index is 10.7. The Morgan fingerprint density at radius 2 is 1.29 bits per heavy atom. The van der Waals surface area contributed by atoms with Crippen molar-refractivity contribution in [1.82, 2.24) is 0 Å². The third-order valence-corrected chi connectivity index (χ3v) is 3.49. The van der Waals surface area contributed by atoms with Crippen LogP contribution in [-0.2, 0) is 28.4 Å². The molecular formula is C4H11BO7S2. The van der Waals surface area contributed by atoms with Gasteiger partial charge in [0.25, 0.3) is 20.2 Å². The van der Waals surface area contributed by atoms with Gasteiger partial charge in [0.05, 0.1) is 11.5 Å². The van der Waals surface area contributed by atoms with Gasteiger partial charge in [-0.25, -0.2) is 16.8 Å². The minimum Gasteiger partial charge on any atom is -0.400 e. The molecule has 0 aromatic rings. The van der Waals surface area contributed by atoms with Crippen LogP contribution in [0.5, 0.6) is 0 Å². The van der Waals surface area contributed by atoms with Crippen LogP contribution in [0.25, 0.3) is 0 Å². The summed E-state index contributed by atoms with van der Waals surface area (Å²) in [6.07, 6.45) is 0. The molecule has 14 heavy (non-hydrogen) atoms. The minimum absolute atomic E-state index is 0.389. The highest BCUT2D eigenvalue weighted by Crippen LogP contribution is 2.00. The minimum atomic E-state index is -3.94. The van der Waals surface area contributed by atoms with E-state index in [-0.39, 0.29) is 11.5 Å². The van der Waals surface area contributed by atoms with Crippen LogP contribution in [0.1, 0.15) is 13.8 Å². The standard InChI is InChI=1S/C4H11BO7S2/c1-3-13(7,8)11-5(6)12-14(9,10)4-2/h6H,3-4H2,1-2H3. The maximum Gasteiger partial charge on any atom is 0.666 e. The summed E-state index contributed by atoms with van der Waals surface area (Å²) < 4.78 is 50.8. The summed E-state index contributed by atoms with van der Waals surface area (Å²) in [4.78, 5) is 0. The van der Waals surface area contributed by atoms with Crippen molar-refractivity contribution in [3.8, 4) is 0 Å². The van der Waals surface area contributed by atoms with Gasteiger partial charge in [-0.15, -0.1) is 0 Å². The summed E-state index contributed by atoms with van der Waals surface area (Å²) in [5.74, 6) is -0.779. The van der Waals surface area contributed by atoms with E-state index >= 15 is 0 Å². The van der Waals surface area contributed by atoms with Crippen molar-refractivity contribution < 1.29 is 30.1 Å². The average molecular weight is 246 g/mol. The Labute approximate surface area is 83.5 Å². The topological polar surface area (TPSA) is 107 Å². The van der Waals surface area contributed by atoms with Gasteiger partial charge in [-0.05, 0) is 13.8 Å². The Morgan fingerprint density at radius 1 is 1.00 bits per heavy atom. The smallest absolute Gasteiger partial charge is 0.400 e. The predicted molar refractivity (Wildman–Crippen MR) is 49.1 cm³/mol. The molecule has 0 aromatic heterocycles. The molecule has 0 aliphatic rings. The average Bonchev–Trinajstić information content (AvgIpc) is 2.02. The molecule has 0 spiro atoms. The van der Waals surface area contributed by atoms with Crippen molar-refractivity contribution in [2.45, 2.75) is 13.8 Å². The molecule has 0 saturated heterocycles. The van der Waals surface area contributed by atoms with E-state index in [4.69, 9.17) is 5.02 Å². The summed E-state index contributed by atoms with van der Waals surface area (Å²) in [5, 5.41) is 8.78. The molecule has 84 valence electrons. The Kier molecular flexibility index (Phi) is 5.02. The van der Waals surface area contributed by atoms with E-state index in [1.165, 1.54) is 13.8 Å². The van der Waals surface area contributed by atoms with Crippen molar-refractivity contribution in [1.29, 1.82) is 0 Å². The first-order valence-corrected chi connectivity index (χ1v) is 6.88. The van der Waals surface area contributed by atoms with E-state index in [9.17, 15) is 16.8 Å². The van der Waals surface area contributed by atoms with Crippen molar-refractivity contribution in [3.63, 3.8) is 0 Å². The largest absolute Gasteiger partial charge is 0.666 e. The van der Waals surface area contributed by atoms with Crippen LogP contribution in [0.15, 0.2) is 0 Å². The van der Waals surface area contributed by atoms with Gasteiger partial charge >= 0.3 is 7.32 Å². The van der Waals surface area contributed by atoms with E-state index in [2.05, 4.69) is 8.20 Å². The molecule has 0 unspecified atom stereocenters. The SMILES string of the molecule is CCS(=O)(=O)OB(O)OS(=O)(=O)CC. The number of hydrogen-bond acceptors (Lipinski definition) is 7. The fourth-order valence-electron chi connectivity index (χ4n) is 0.403. The summed E-state index contributed by atoms with van der Waals surface area (Å²) in [6, 6.07) is 0. The van der Waals surface area contributed by atoms with Crippen LogP contribution in [0.3, 0.4) is 0 Å². The van der Waals surface area contributed by atoms with Gasteiger partial charge in [0.2, 0.25) is 0 Å². The summed E-state index contributed by atoms with van der Waals surface area (Å²) in [6.45, 7) is 2.55. The van der Waals surface area contributed by atoms with Gasteiger partial charge in [-0.2, -0.15) is 0 Å². The number of rotatable bonds is 6. The van der Waals surface area contributed by atoms with Crippen LogP contribution in [0, 0.1) is 0 Å². The van der Waals surface area contributed by atoms with Crippen molar-refractivity contribution in [2.24, 2.45) is 0 Å². The lowest BCUT2D eigenvalue weighted by Gasteiger charge is -2.06. The van der Waals surface area contributed by atoms with E-state index in [0.717, 1.165) is 0 Å². The fourth-order valence-corrected chi connectivity index (χ4v) is 1.31. The van der Waals surface area contributed by atoms with Crippen LogP contribution in [-0.4, -0.2) is 40.7 Å². The zero-order valence-electron chi connectivity index (χ0n) is 7.70. The summed E-state index contributed by atoms with van der Waals surface area (Å²) >= 11 is 0. The molecule has 1 N–H and O–H groups in total. The van der Waals surface area contributed by atoms with Crippen molar-refractivity contribution in [2.75, 3.05) is 11.5 Å². The molecule has 0 aromatic carbocycles. The molecule has 0 rings (SSSR count). The Balaban J connectivity index is 4.33. The van der Waals surface area contributed by atoms with Gasteiger partial charge in [0.15, 0.2) is 0 Å². The highest BCUT2D eigenvalue weighted by atomic mass is 32.2. The first-order valence-electron chi connectivity index (χ1n) is 3.72. The van der Waals surface area contributed by atoms with Gasteiger partial charge in [-0.1, -0.05) is 0 Å². The highest BCUT2D eigenvalue weighted by molar-refractivity contribution is 7.88. The molecule has 0 fully saturated rings. The normalized spacial score (nSPS) is 12.8. The summed E-state index contributed by atoms with van der Waals surface area (Å²) in [5.41, 5.74) is 0. The van der Waals surface area contributed by atoms with Crippen LogP contribution in [0.2, 0.25) is 0 Å². The molecule has 0 aliphatic carbocycles. The zero-order valence-corrected chi connectivity index (χ0v) is 9.34. The van der Waals surface area contributed by atoms with E-state index in [1.54, 1.807) is 0 Å². The second-order valence-corrected chi connectivity index (χ2v) is 5.96. The molecule has 10 heteroatoms. The number of hydrogen-bond donors (Lipinski definition) is 1. The first kappa shape index (κ1) is 13.8. The molecule has 0 atom stereocenters. The lowest BCUT2D eigenvalue weighted by atomic mass is 10.3. The lowest BCUT2D eigenvalue weighted by molar-refractivity contribution is 0.302. The van der Waals surface area contributed by atoms with Gasteiger partial charge < -0.3 is 5.02 Å². The van der Waals surface area contributed by atoms with Crippen LogP contribution < -0.4 is 0 Å². The van der Waals surface area contributed by atoms with E-state index < -0.39 is 27.6 Å². The van der Waals surface area contributed by atoms with Crippen molar-refractivity contribution in [3.05, 3.63) is 0 Å². The molecule has 7 nitrogen and oxygen atoms in total. The third-order valence-electron chi connectivity index (χ3n) is 1.16. The van der Waals surface area contributed by atoms with Crippen molar-refractivity contribution >= 4 is 27.6 Å². The van der Waals surface area contributed by atoms with Gasteiger partial charge in [0.1, 0.15) is 0 Å². The molecular weight excluding hydrogens is 235 g/mol. The highest BCUT2D eigenvalue weighted by Gasteiger charge is 2.29. The monoisotopic (exact) mass is 246 g/mol. The molecule has 0 aliphatic heterocycles. The molecule has 0 heterocycles. The second-order valence-electron chi connectivity index (χ2n) is 2.19. The Morgan fingerprint density at radius 3 is 1.50 bits per heavy atom. The van der Waals surface area contributed by atoms with Crippen LogP contribution in [0.4, 0.5) is 0 Å². The summed E-state index contributed by atoms with van der Waals surface area (Å²) in [7, 11) is -10.2. The molecule has 0 saturated carbocycles. The predicted octanol–water partition coefficient (Wildman–Crippen LogP) is -1.30. The van der Waals surface area contributed by atoms with E-state index in [0.29, 0.717) is 0 Å². The third kappa shape index (κ3) is 5.55. The first-order chi connectivity index (χ1) is 6.22. The Bertz CT molecular complexity index is 321. The zero-order chi connectivity index (χ0) is 11.4. The molecule has 0 bridgehead atoms.